The van der Waals surface area contributed by atoms with E-state index in [9.17, 15) is 40.6 Å². The van der Waals surface area contributed by atoms with Gasteiger partial charge in [0.05, 0.1) is 1.37 Å². The van der Waals surface area contributed by atoms with E-state index in [-0.39, 0.29) is 12.0 Å². The molecular weight excluding hydrogens is 333 g/mol. The standard InChI is InChI=1S/C14H15F7O2/c1-6-5-10(4)8(22)11(23,7(6)9(10,2)3)12(15,16)13(17,18)14(19,20)21/h7,23H,1,5H2,2-4H3/i1D. The first-order chi connectivity index (χ1) is 10.4. The molecule has 3 unspecified atom stereocenters. The van der Waals surface area contributed by atoms with E-state index in [1.165, 1.54) is 13.8 Å². The number of carbonyl (C=O) groups is 1. The molecule has 23 heavy (non-hydrogen) atoms. The molecule has 2 aliphatic carbocycles. The Balaban J connectivity index is 2.76. The summed E-state index contributed by atoms with van der Waals surface area (Å²) < 4.78 is 100. The van der Waals surface area contributed by atoms with Gasteiger partial charge in [0, 0.05) is 11.3 Å². The molecule has 2 aliphatic rings. The van der Waals surface area contributed by atoms with Crippen LogP contribution >= 0.6 is 0 Å². The van der Waals surface area contributed by atoms with Gasteiger partial charge in [0.25, 0.3) is 0 Å². The minimum atomic E-state index is -6.66. The van der Waals surface area contributed by atoms with Crippen LogP contribution in [0.2, 0.25) is 0 Å². The number of halogens is 7. The van der Waals surface area contributed by atoms with E-state index < -0.39 is 46.2 Å². The summed E-state index contributed by atoms with van der Waals surface area (Å²) in [5.41, 5.74) is -7.83. The van der Waals surface area contributed by atoms with Crippen LogP contribution in [0.4, 0.5) is 30.7 Å². The van der Waals surface area contributed by atoms with Crippen molar-refractivity contribution in [3.63, 3.8) is 0 Å². The van der Waals surface area contributed by atoms with Gasteiger partial charge in [-0.25, -0.2) is 0 Å². The van der Waals surface area contributed by atoms with E-state index in [1.54, 1.807) is 0 Å². The zero-order valence-corrected chi connectivity index (χ0v) is 12.4. The number of hydrogen-bond acceptors (Lipinski definition) is 2. The Labute approximate surface area is 128 Å². The number of alkyl halides is 7. The average Bonchev–Trinajstić information content (AvgIpc) is 2.68. The van der Waals surface area contributed by atoms with Crippen molar-refractivity contribution in [2.75, 3.05) is 0 Å². The number of fused-ring (bicyclic) bond motifs is 2. The van der Waals surface area contributed by atoms with Crippen molar-refractivity contribution in [1.82, 2.24) is 0 Å². The quantitative estimate of drug-likeness (QED) is 0.609. The molecule has 1 N–H and O–H groups in total. The van der Waals surface area contributed by atoms with Crippen molar-refractivity contribution in [2.45, 2.75) is 50.8 Å². The average molecular weight is 349 g/mol. The van der Waals surface area contributed by atoms with Gasteiger partial charge < -0.3 is 5.11 Å². The van der Waals surface area contributed by atoms with Crippen molar-refractivity contribution in [3.05, 3.63) is 12.1 Å². The van der Waals surface area contributed by atoms with E-state index in [0.717, 1.165) is 6.92 Å². The summed E-state index contributed by atoms with van der Waals surface area (Å²) in [7, 11) is 0. The maximum atomic E-state index is 14.3. The van der Waals surface area contributed by atoms with E-state index in [2.05, 4.69) is 0 Å². The van der Waals surface area contributed by atoms with Gasteiger partial charge in [-0.2, -0.15) is 30.7 Å². The number of Topliss-reactive ketones (excluding diaryl/α,β-unsaturated/α-hetero) is 1. The first-order valence-corrected chi connectivity index (χ1v) is 6.61. The van der Waals surface area contributed by atoms with Crippen molar-refractivity contribution in [2.24, 2.45) is 16.7 Å². The van der Waals surface area contributed by atoms with E-state index in [1.807, 2.05) is 0 Å². The zero-order valence-electron chi connectivity index (χ0n) is 13.4. The van der Waals surface area contributed by atoms with Gasteiger partial charge in [-0.1, -0.05) is 32.9 Å². The Morgan fingerprint density at radius 3 is 2.00 bits per heavy atom. The molecule has 2 saturated carbocycles. The minimum absolute atomic E-state index is 0.261. The molecule has 0 heterocycles. The summed E-state index contributed by atoms with van der Waals surface area (Å²) >= 11 is 0. The molecule has 0 aromatic heterocycles. The smallest absolute Gasteiger partial charge is 0.376 e. The Kier molecular flexibility index (Phi) is 2.98. The number of hydrogen-bond donors (Lipinski definition) is 1. The molecule has 9 heteroatoms. The predicted octanol–water partition coefficient (Wildman–Crippen LogP) is 3.74. The fourth-order valence-electron chi connectivity index (χ4n) is 3.98. The van der Waals surface area contributed by atoms with Crippen molar-refractivity contribution in [3.8, 4) is 0 Å². The molecule has 0 aromatic rings. The summed E-state index contributed by atoms with van der Waals surface area (Å²) in [4.78, 5) is 12.4. The molecule has 2 rings (SSSR count). The summed E-state index contributed by atoms with van der Waals surface area (Å²) in [5, 5.41) is 10.3. The highest BCUT2D eigenvalue weighted by Gasteiger charge is 2.89. The molecule has 0 saturated heterocycles. The number of rotatable bonds is 2. The van der Waals surface area contributed by atoms with Gasteiger partial charge in [0.1, 0.15) is 0 Å². The van der Waals surface area contributed by atoms with Crippen molar-refractivity contribution in [1.29, 1.82) is 0 Å². The molecule has 2 nitrogen and oxygen atoms in total. The first-order valence-electron chi connectivity index (χ1n) is 7.19. The monoisotopic (exact) mass is 349 g/mol. The Morgan fingerprint density at radius 2 is 1.65 bits per heavy atom. The van der Waals surface area contributed by atoms with E-state index in [0.29, 0.717) is 6.55 Å². The van der Waals surface area contributed by atoms with Crippen molar-refractivity contribution >= 4 is 5.78 Å². The lowest BCUT2D eigenvalue weighted by atomic mass is 9.70. The third-order valence-corrected chi connectivity index (χ3v) is 5.57. The molecule has 0 radical (unpaired) electrons. The first kappa shape index (κ1) is 16.7. The molecule has 0 spiro atoms. The largest absolute Gasteiger partial charge is 0.460 e. The second-order valence-electron chi connectivity index (χ2n) is 6.98. The molecule has 0 amide bonds. The summed E-state index contributed by atoms with van der Waals surface area (Å²) in [5.74, 6) is -16.5. The minimum Gasteiger partial charge on any atom is -0.376 e. The molecule has 132 valence electrons. The Hall–Kier alpha value is -1.12. The predicted molar refractivity (Wildman–Crippen MR) is 65.0 cm³/mol. The maximum absolute atomic E-state index is 14.3. The van der Waals surface area contributed by atoms with Crippen LogP contribution in [-0.2, 0) is 4.79 Å². The van der Waals surface area contributed by atoms with Gasteiger partial charge in [-0.15, -0.1) is 0 Å². The second kappa shape index (κ2) is 4.10. The topological polar surface area (TPSA) is 37.3 Å². The third kappa shape index (κ3) is 1.62. The highest BCUT2D eigenvalue weighted by atomic mass is 19.4. The molecule has 2 fully saturated rings. The normalized spacial score (nSPS) is 40.0. The maximum Gasteiger partial charge on any atom is 0.460 e. The van der Waals surface area contributed by atoms with Crippen LogP contribution in [0, 0.1) is 16.7 Å². The lowest BCUT2D eigenvalue weighted by Gasteiger charge is -2.43. The van der Waals surface area contributed by atoms with E-state index in [4.69, 9.17) is 1.37 Å². The van der Waals surface area contributed by atoms with Crippen LogP contribution in [0.15, 0.2) is 12.1 Å². The Morgan fingerprint density at radius 1 is 1.17 bits per heavy atom. The molecular formula is C14H15F7O2. The number of carbonyl (C=O) groups excluding carboxylic acids is 1. The molecule has 0 aromatic carbocycles. The van der Waals surface area contributed by atoms with Gasteiger partial charge in [-0.3, -0.25) is 4.79 Å². The lowest BCUT2D eigenvalue weighted by molar-refractivity contribution is -0.385. The molecule has 0 aliphatic heterocycles. The fourth-order valence-corrected chi connectivity index (χ4v) is 3.98. The number of aliphatic hydroxyl groups is 1. The van der Waals surface area contributed by atoms with Gasteiger partial charge in [0.15, 0.2) is 5.78 Å². The molecule has 2 bridgehead atoms. The summed E-state index contributed by atoms with van der Waals surface area (Å²) in [6.45, 7) is 4.10. The van der Waals surface area contributed by atoms with Gasteiger partial charge in [0.2, 0.25) is 5.60 Å². The lowest BCUT2D eigenvalue weighted by Crippen LogP contribution is -2.69. The SMILES string of the molecule is [2H]C=C1CC2(C)C(=O)C(O)(C(F)(F)C(F)(F)C(F)(F)F)C1C2(C)C. The number of ketones is 1. The van der Waals surface area contributed by atoms with Crippen LogP contribution in [-0.4, -0.2) is 34.5 Å². The van der Waals surface area contributed by atoms with Crippen LogP contribution < -0.4 is 0 Å². The van der Waals surface area contributed by atoms with Crippen molar-refractivity contribution < 1.29 is 42.0 Å². The highest BCUT2D eigenvalue weighted by Crippen LogP contribution is 2.72. The fraction of sp³-hybridized carbons (Fsp3) is 0.786. The van der Waals surface area contributed by atoms with Gasteiger partial charge >= 0.3 is 18.0 Å². The third-order valence-electron chi connectivity index (χ3n) is 5.57. The summed E-state index contributed by atoms with van der Waals surface area (Å²) in [6.07, 6.45) is -6.92. The van der Waals surface area contributed by atoms with Crippen LogP contribution in [0.5, 0.6) is 0 Å². The Bertz CT molecular complexity index is 625. The van der Waals surface area contributed by atoms with E-state index >= 15 is 0 Å². The zero-order chi connectivity index (χ0) is 19.1. The van der Waals surface area contributed by atoms with Crippen LogP contribution in [0.1, 0.15) is 28.6 Å². The summed E-state index contributed by atoms with van der Waals surface area (Å²) in [6, 6.07) is 0. The van der Waals surface area contributed by atoms with Gasteiger partial charge in [-0.05, 0) is 11.8 Å². The van der Waals surface area contributed by atoms with Crippen LogP contribution in [0.3, 0.4) is 0 Å². The molecule has 3 atom stereocenters. The second-order valence-corrected chi connectivity index (χ2v) is 6.98. The highest BCUT2D eigenvalue weighted by molar-refractivity contribution is 5.99. The van der Waals surface area contributed by atoms with Crippen LogP contribution in [0.25, 0.3) is 0 Å².